The van der Waals surface area contributed by atoms with E-state index in [1.165, 1.54) is 11.1 Å². The maximum Gasteiger partial charge on any atom is 0.161 e. The molecular formula is C18H25N3O2. The molecule has 0 aliphatic carbocycles. The molecule has 5 heteroatoms. The second-order valence-electron chi connectivity index (χ2n) is 6.38. The Kier molecular flexibility index (Phi) is 4.86. The van der Waals surface area contributed by atoms with Crippen molar-refractivity contribution in [2.24, 2.45) is 5.92 Å². The van der Waals surface area contributed by atoms with Crippen molar-refractivity contribution in [2.45, 2.75) is 39.8 Å². The molecule has 0 fully saturated rings. The van der Waals surface area contributed by atoms with Crippen LogP contribution in [0.3, 0.4) is 0 Å². The first-order valence-electron chi connectivity index (χ1n) is 8.27. The third-order valence-electron chi connectivity index (χ3n) is 4.24. The van der Waals surface area contributed by atoms with E-state index in [0.29, 0.717) is 12.5 Å². The van der Waals surface area contributed by atoms with Crippen LogP contribution in [-0.2, 0) is 6.54 Å². The minimum absolute atomic E-state index is 0.251. The van der Waals surface area contributed by atoms with Crippen LogP contribution in [0.5, 0.6) is 11.5 Å². The van der Waals surface area contributed by atoms with Gasteiger partial charge < -0.3 is 14.8 Å². The van der Waals surface area contributed by atoms with Crippen molar-refractivity contribution in [3.05, 3.63) is 41.2 Å². The monoisotopic (exact) mass is 315 g/mol. The lowest BCUT2D eigenvalue weighted by atomic mass is 9.95. The van der Waals surface area contributed by atoms with E-state index in [1.807, 2.05) is 19.2 Å². The van der Waals surface area contributed by atoms with E-state index in [9.17, 15) is 0 Å². The van der Waals surface area contributed by atoms with Crippen molar-refractivity contribution in [2.75, 3.05) is 13.2 Å². The summed E-state index contributed by atoms with van der Waals surface area (Å²) in [4.78, 5) is 0. The molecular weight excluding hydrogens is 290 g/mol. The van der Waals surface area contributed by atoms with Crippen LogP contribution < -0.4 is 14.8 Å². The highest BCUT2D eigenvalue weighted by Crippen LogP contribution is 2.34. The first kappa shape index (κ1) is 15.9. The van der Waals surface area contributed by atoms with E-state index in [-0.39, 0.29) is 6.04 Å². The Morgan fingerprint density at radius 3 is 2.70 bits per heavy atom. The normalized spacial score (nSPS) is 15.5. The number of aromatic nitrogens is 2. The van der Waals surface area contributed by atoms with Gasteiger partial charge in [0.05, 0.1) is 19.4 Å². The number of rotatable bonds is 5. The average molecular weight is 315 g/mol. The Hall–Kier alpha value is -2.01. The second kappa shape index (κ2) is 7.04. The Morgan fingerprint density at radius 2 is 2.00 bits per heavy atom. The zero-order valence-electron chi connectivity index (χ0n) is 14.1. The molecule has 124 valence electrons. The quantitative estimate of drug-likeness (QED) is 0.888. The predicted octanol–water partition coefficient (Wildman–Crippen LogP) is 3.37. The maximum absolute atomic E-state index is 5.82. The summed E-state index contributed by atoms with van der Waals surface area (Å²) in [5, 5.41) is 10.7. The van der Waals surface area contributed by atoms with Gasteiger partial charge in [0, 0.05) is 30.3 Å². The number of hydrogen-bond donors (Lipinski definition) is 2. The van der Waals surface area contributed by atoms with Gasteiger partial charge in [-0.15, -0.1) is 0 Å². The molecule has 2 N–H and O–H groups in total. The number of nitrogens with one attached hydrogen (secondary N) is 2. The number of aromatic amines is 1. The van der Waals surface area contributed by atoms with E-state index < -0.39 is 0 Å². The first-order valence-corrected chi connectivity index (χ1v) is 8.27. The number of benzene rings is 1. The van der Waals surface area contributed by atoms with Crippen LogP contribution in [0.1, 0.15) is 43.1 Å². The summed E-state index contributed by atoms with van der Waals surface area (Å²) < 4.78 is 11.5. The molecule has 2 aromatic rings. The molecule has 0 saturated heterocycles. The molecule has 0 spiro atoms. The molecule has 2 heterocycles. The SMILES string of the molecule is Cc1[nH]ncc1CN[C@@H](c1ccc2c(c1)OCCCO2)C(C)C. The lowest BCUT2D eigenvalue weighted by molar-refractivity contribution is 0.296. The lowest BCUT2D eigenvalue weighted by Crippen LogP contribution is -2.25. The first-order chi connectivity index (χ1) is 11.1. The number of fused-ring (bicyclic) bond motifs is 1. The zero-order valence-corrected chi connectivity index (χ0v) is 14.1. The molecule has 1 aliphatic rings. The van der Waals surface area contributed by atoms with Gasteiger partial charge in [0.1, 0.15) is 0 Å². The van der Waals surface area contributed by atoms with Gasteiger partial charge in [-0.2, -0.15) is 5.10 Å². The Labute approximate surface area is 137 Å². The number of H-pyrrole nitrogens is 1. The highest BCUT2D eigenvalue weighted by Gasteiger charge is 2.19. The van der Waals surface area contributed by atoms with Crippen molar-refractivity contribution in [1.82, 2.24) is 15.5 Å². The lowest BCUT2D eigenvalue weighted by Gasteiger charge is -2.24. The Bertz CT molecular complexity index is 651. The average Bonchev–Trinajstić information content (AvgIpc) is 2.80. The van der Waals surface area contributed by atoms with E-state index in [0.717, 1.165) is 36.8 Å². The van der Waals surface area contributed by atoms with E-state index in [2.05, 4.69) is 41.5 Å². The van der Waals surface area contributed by atoms with Gasteiger partial charge in [0.2, 0.25) is 0 Å². The van der Waals surface area contributed by atoms with Crippen molar-refractivity contribution in [1.29, 1.82) is 0 Å². The number of hydrogen-bond acceptors (Lipinski definition) is 4. The minimum atomic E-state index is 0.251. The molecule has 23 heavy (non-hydrogen) atoms. The molecule has 0 amide bonds. The molecule has 1 atom stereocenters. The van der Waals surface area contributed by atoms with Crippen LogP contribution in [0.2, 0.25) is 0 Å². The van der Waals surface area contributed by atoms with Crippen LogP contribution in [0, 0.1) is 12.8 Å². The number of ether oxygens (including phenoxy) is 2. The van der Waals surface area contributed by atoms with Gasteiger partial charge in [-0.05, 0) is 30.5 Å². The number of aryl methyl sites for hydroxylation is 1. The fourth-order valence-corrected chi connectivity index (χ4v) is 2.89. The minimum Gasteiger partial charge on any atom is -0.490 e. The summed E-state index contributed by atoms with van der Waals surface area (Å²) in [5.41, 5.74) is 3.54. The zero-order chi connectivity index (χ0) is 16.2. The standard InChI is InChI=1S/C18H25N3O2/c1-12(2)18(19-10-15-11-20-21-13(15)3)14-5-6-16-17(9-14)23-8-4-7-22-16/h5-6,9,11-12,18-19H,4,7-8,10H2,1-3H3,(H,20,21)/t18-/m1/s1. The summed E-state index contributed by atoms with van der Waals surface area (Å²) in [6, 6.07) is 6.52. The van der Waals surface area contributed by atoms with Crippen LogP contribution in [0.25, 0.3) is 0 Å². The smallest absolute Gasteiger partial charge is 0.161 e. The molecule has 1 aliphatic heterocycles. The van der Waals surface area contributed by atoms with Gasteiger partial charge in [0.15, 0.2) is 11.5 Å². The van der Waals surface area contributed by atoms with Gasteiger partial charge in [0.25, 0.3) is 0 Å². The highest BCUT2D eigenvalue weighted by molar-refractivity contribution is 5.44. The van der Waals surface area contributed by atoms with Crippen LogP contribution >= 0.6 is 0 Å². The molecule has 5 nitrogen and oxygen atoms in total. The van der Waals surface area contributed by atoms with Gasteiger partial charge in [-0.25, -0.2) is 0 Å². The van der Waals surface area contributed by atoms with Crippen molar-refractivity contribution in [3.63, 3.8) is 0 Å². The fraction of sp³-hybridized carbons (Fsp3) is 0.500. The molecule has 0 bridgehead atoms. The Balaban J connectivity index is 1.78. The van der Waals surface area contributed by atoms with Gasteiger partial charge >= 0.3 is 0 Å². The molecule has 1 aromatic carbocycles. The predicted molar refractivity (Wildman–Crippen MR) is 89.8 cm³/mol. The molecule has 0 saturated carbocycles. The molecule has 3 rings (SSSR count). The van der Waals surface area contributed by atoms with Crippen LogP contribution in [0.15, 0.2) is 24.4 Å². The third kappa shape index (κ3) is 3.67. The highest BCUT2D eigenvalue weighted by atomic mass is 16.5. The molecule has 0 radical (unpaired) electrons. The fourth-order valence-electron chi connectivity index (χ4n) is 2.89. The summed E-state index contributed by atoms with van der Waals surface area (Å²) in [6.07, 6.45) is 2.81. The largest absolute Gasteiger partial charge is 0.490 e. The van der Waals surface area contributed by atoms with E-state index in [1.54, 1.807) is 0 Å². The summed E-state index contributed by atoms with van der Waals surface area (Å²) in [5.74, 6) is 2.17. The topological polar surface area (TPSA) is 59.2 Å². The van der Waals surface area contributed by atoms with Crippen molar-refractivity contribution < 1.29 is 9.47 Å². The summed E-state index contributed by atoms with van der Waals surface area (Å²) >= 11 is 0. The maximum atomic E-state index is 5.82. The van der Waals surface area contributed by atoms with Gasteiger partial charge in [-0.1, -0.05) is 19.9 Å². The van der Waals surface area contributed by atoms with Crippen LogP contribution in [0.4, 0.5) is 0 Å². The van der Waals surface area contributed by atoms with E-state index >= 15 is 0 Å². The van der Waals surface area contributed by atoms with E-state index in [4.69, 9.17) is 9.47 Å². The number of nitrogens with zero attached hydrogens (tertiary/aromatic N) is 1. The second-order valence-corrected chi connectivity index (χ2v) is 6.38. The summed E-state index contributed by atoms with van der Waals surface area (Å²) in [7, 11) is 0. The van der Waals surface area contributed by atoms with Crippen LogP contribution in [-0.4, -0.2) is 23.4 Å². The summed E-state index contributed by atoms with van der Waals surface area (Å²) in [6.45, 7) is 8.72. The van der Waals surface area contributed by atoms with Crippen molar-refractivity contribution in [3.8, 4) is 11.5 Å². The Morgan fingerprint density at radius 1 is 1.22 bits per heavy atom. The molecule has 1 aromatic heterocycles. The third-order valence-corrected chi connectivity index (χ3v) is 4.24. The van der Waals surface area contributed by atoms with Gasteiger partial charge in [-0.3, -0.25) is 5.10 Å². The molecule has 0 unspecified atom stereocenters. The van der Waals surface area contributed by atoms with Crippen molar-refractivity contribution >= 4 is 0 Å².